The van der Waals surface area contributed by atoms with Gasteiger partial charge in [-0.1, -0.05) is 23.7 Å². The molecule has 0 radical (unpaired) electrons. The third-order valence-corrected chi connectivity index (χ3v) is 5.07. The van der Waals surface area contributed by atoms with Crippen LogP contribution < -0.4 is 0 Å². The molecule has 0 bridgehead atoms. The van der Waals surface area contributed by atoms with Gasteiger partial charge in [0.15, 0.2) is 0 Å². The van der Waals surface area contributed by atoms with Gasteiger partial charge in [0.1, 0.15) is 10.8 Å². The number of hydrogen-bond donors (Lipinski definition) is 1. The Morgan fingerprint density at radius 1 is 0.963 bits per heavy atom. The molecule has 0 fully saturated rings. The van der Waals surface area contributed by atoms with Crippen LogP contribution in [0, 0.1) is 13.8 Å². The zero-order valence-electron chi connectivity index (χ0n) is 15.5. The number of H-pyrrole nitrogens is 1. The first kappa shape index (κ1) is 17.7. The van der Waals surface area contributed by atoms with Crippen LogP contribution in [0.1, 0.15) is 33.6 Å². The average molecular weight is 377 g/mol. The summed E-state index contributed by atoms with van der Waals surface area (Å²) in [5.74, 6) is 0. The summed E-state index contributed by atoms with van der Waals surface area (Å²) in [6, 6.07) is 10.4. The van der Waals surface area contributed by atoms with Gasteiger partial charge in [-0.25, -0.2) is 9.97 Å². The van der Waals surface area contributed by atoms with Crippen molar-refractivity contribution >= 4 is 22.6 Å². The van der Waals surface area contributed by atoms with Crippen molar-refractivity contribution in [3.63, 3.8) is 0 Å². The van der Waals surface area contributed by atoms with E-state index in [2.05, 4.69) is 53.2 Å². The predicted octanol–water partition coefficient (Wildman–Crippen LogP) is 5.00. The summed E-state index contributed by atoms with van der Waals surface area (Å²) in [5, 5.41) is 1.72. The molecule has 0 aliphatic rings. The molecule has 0 aliphatic heterocycles. The van der Waals surface area contributed by atoms with Gasteiger partial charge in [-0.05, 0) is 67.1 Å². The number of halogens is 1. The summed E-state index contributed by atoms with van der Waals surface area (Å²) >= 11 is 5.84. The van der Waals surface area contributed by atoms with Crippen molar-refractivity contribution in [2.24, 2.45) is 0 Å². The summed E-state index contributed by atoms with van der Waals surface area (Å²) < 4.78 is 0. The lowest BCUT2D eigenvalue weighted by molar-refractivity contribution is 0.889. The van der Waals surface area contributed by atoms with Gasteiger partial charge in [0.25, 0.3) is 0 Å². The number of fused-ring (bicyclic) bond motifs is 1. The van der Waals surface area contributed by atoms with Crippen molar-refractivity contribution in [3.8, 4) is 0 Å². The average Bonchev–Trinajstić information content (AvgIpc) is 3.05. The lowest BCUT2D eigenvalue weighted by Crippen LogP contribution is -2.00. The molecule has 4 aromatic rings. The number of aromatic amines is 1. The Kier molecular flexibility index (Phi) is 4.90. The molecule has 4 heterocycles. The van der Waals surface area contributed by atoms with Crippen LogP contribution in [0.4, 0.5) is 0 Å². The van der Waals surface area contributed by atoms with E-state index in [0.29, 0.717) is 5.15 Å². The van der Waals surface area contributed by atoms with Gasteiger partial charge >= 0.3 is 0 Å². The molecule has 4 aromatic heterocycles. The van der Waals surface area contributed by atoms with E-state index in [1.807, 2.05) is 24.5 Å². The highest BCUT2D eigenvalue weighted by atomic mass is 35.5. The van der Waals surface area contributed by atoms with Crippen molar-refractivity contribution < 1.29 is 0 Å². The monoisotopic (exact) mass is 376 g/mol. The van der Waals surface area contributed by atoms with E-state index >= 15 is 0 Å². The molecular weight excluding hydrogens is 356 g/mol. The lowest BCUT2D eigenvalue weighted by atomic mass is 10.0. The Balaban J connectivity index is 1.49. The minimum Gasteiger partial charge on any atom is -0.346 e. The molecule has 0 saturated carbocycles. The Morgan fingerprint density at radius 3 is 2.63 bits per heavy atom. The van der Waals surface area contributed by atoms with E-state index in [9.17, 15) is 0 Å². The summed E-state index contributed by atoms with van der Waals surface area (Å²) in [4.78, 5) is 16.7. The van der Waals surface area contributed by atoms with Gasteiger partial charge in [-0.2, -0.15) is 0 Å². The number of aromatic nitrogens is 4. The fraction of sp³-hybridized carbons (Fsp3) is 0.227. The van der Waals surface area contributed by atoms with E-state index in [1.54, 1.807) is 0 Å². The molecule has 27 heavy (non-hydrogen) atoms. The molecule has 0 spiro atoms. The van der Waals surface area contributed by atoms with Crippen LogP contribution in [0.15, 0.2) is 48.9 Å². The van der Waals surface area contributed by atoms with Crippen LogP contribution in [-0.2, 0) is 19.3 Å². The molecule has 0 aliphatic carbocycles. The van der Waals surface area contributed by atoms with Gasteiger partial charge in [0, 0.05) is 41.8 Å². The molecule has 4 nitrogen and oxygen atoms in total. The SMILES string of the molecule is Cc1cnc2[nH]cc(Cc3ccc(CCc4ccc(Cl)nc4)nc3C)c2c1. The van der Waals surface area contributed by atoms with Crippen molar-refractivity contribution in [1.82, 2.24) is 19.9 Å². The first-order valence-electron chi connectivity index (χ1n) is 9.07. The van der Waals surface area contributed by atoms with Gasteiger partial charge in [-0.3, -0.25) is 4.98 Å². The van der Waals surface area contributed by atoms with E-state index in [0.717, 1.165) is 36.3 Å². The van der Waals surface area contributed by atoms with E-state index in [-0.39, 0.29) is 0 Å². The van der Waals surface area contributed by atoms with Crippen LogP contribution in [0.3, 0.4) is 0 Å². The highest BCUT2D eigenvalue weighted by molar-refractivity contribution is 6.29. The maximum Gasteiger partial charge on any atom is 0.137 e. The summed E-state index contributed by atoms with van der Waals surface area (Å²) in [6.45, 7) is 4.15. The molecule has 0 atom stereocenters. The van der Waals surface area contributed by atoms with Gasteiger partial charge in [-0.15, -0.1) is 0 Å². The Bertz CT molecular complexity index is 1080. The second kappa shape index (κ2) is 7.49. The van der Waals surface area contributed by atoms with Gasteiger partial charge in [0.2, 0.25) is 0 Å². The second-order valence-corrected chi connectivity index (χ2v) is 7.32. The zero-order valence-corrected chi connectivity index (χ0v) is 16.2. The smallest absolute Gasteiger partial charge is 0.137 e. The standard InChI is InChI=1S/C22H21ClN4/c1-14-9-20-18(13-26-22(20)25-11-14)10-17-5-7-19(27-15(17)2)6-3-16-4-8-21(23)24-12-16/h4-5,7-9,11-13H,3,6,10H2,1-2H3,(H,25,26). The lowest BCUT2D eigenvalue weighted by Gasteiger charge is -2.08. The third-order valence-electron chi connectivity index (χ3n) is 4.85. The number of hydrogen-bond acceptors (Lipinski definition) is 3. The van der Waals surface area contributed by atoms with Crippen molar-refractivity contribution in [2.45, 2.75) is 33.1 Å². The van der Waals surface area contributed by atoms with Crippen molar-refractivity contribution in [1.29, 1.82) is 0 Å². The molecule has 4 rings (SSSR count). The third kappa shape index (κ3) is 4.01. The number of aryl methyl sites for hydroxylation is 4. The normalized spacial score (nSPS) is 11.2. The maximum absolute atomic E-state index is 5.84. The van der Waals surface area contributed by atoms with Crippen LogP contribution >= 0.6 is 11.6 Å². The number of pyridine rings is 3. The van der Waals surface area contributed by atoms with E-state index in [4.69, 9.17) is 16.6 Å². The van der Waals surface area contributed by atoms with Crippen LogP contribution in [-0.4, -0.2) is 19.9 Å². The fourth-order valence-corrected chi connectivity index (χ4v) is 3.42. The Labute approximate surface area is 163 Å². The summed E-state index contributed by atoms with van der Waals surface area (Å²) in [5.41, 5.74) is 7.96. The highest BCUT2D eigenvalue weighted by Gasteiger charge is 2.09. The highest BCUT2D eigenvalue weighted by Crippen LogP contribution is 2.22. The summed E-state index contributed by atoms with van der Waals surface area (Å²) in [6.07, 6.45) is 8.42. The van der Waals surface area contributed by atoms with Crippen LogP contribution in [0.5, 0.6) is 0 Å². The van der Waals surface area contributed by atoms with E-state index in [1.165, 1.54) is 27.6 Å². The molecule has 0 aromatic carbocycles. The fourth-order valence-electron chi connectivity index (χ4n) is 3.31. The molecule has 5 heteroatoms. The Hall–Kier alpha value is -2.72. The molecule has 0 amide bonds. The topological polar surface area (TPSA) is 54.5 Å². The molecule has 0 saturated heterocycles. The van der Waals surface area contributed by atoms with Crippen LogP contribution in [0.2, 0.25) is 5.15 Å². The first-order chi connectivity index (χ1) is 13.1. The Morgan fingerprint density at radius 2 is 1.85 bits per heavy atom. The van der Waals surface area contributed by atoms with Crippen molar-refractivity contribution in [2.75, 3.05) is 0 Å². The van der Waals surface area contributed by atoms with Gasteiger partial charge in [0.05, 0.1) is 0 Å². The number of nitrogens with one attached hydrogen (secondary N) is 1. The van der Waals surface area contributed by atoms with Gasteiger partial charge < -0.3 is 4.98 Å². The second-order valence-electron chi connectivity index (χ2n) is 6.94. The quantitative estimate of drug-likeness (QED) is 0.499. The predicted molar refractivity (Wildman–Crippen MR) is 109 cm³/mol. The largest absolute Gasteiger partial charge is 0.346 e. The minimum atomic E-state index is 0.528. The summed E-state index contributed by atoms with van der Waals surface area (Å²) in [7, 11) is 0. The molecule has 1 N–H and O–H groups in total. The zero-order chi connectivity index (χ0) is 18.8. The molecular formula is C22H21ClN4. The first-order valence-corrected chi connectivity index (χ1v) is 9.45. The number of nitrogens with zero attached hydrogens (tertiary/aromatic N) is 3. The maximum atomic E-state index is 5.84. The molecule has 0 unspecified atom stereocenters. The number of rotatable bonds is 5. The van der Waals surface area contributed by atoms with Crippen LogP contribution in [0.25, 0.3) is 11.0 Å². The van der Waals surface area contributed by atoms with E-state index < -0.39 is 0 Å². The van der Waals surface area contributed by atoms with Crippen molar-refractivity contribution in [3.05, 3.63) is 87.7 Å². The molecule has 136 valence electrons. The minimum absolute atomic E-state index is 0.528.